The topological polar surface area (TPSA) is 67.7 Å². The zero-order valence-corrected chi connectivity index (χ0v) is 25.7. The first kappa shape index (κ1) is 26.6. The highest BCUT2D eigenvalue weighted by Crippen LogP contribution is 2.50. The van der Waals surface area contributed by atoms with E-state index in [1.807, 2.05) is 37.3 Å². The van der Waals surface area contributed by atoms with E-state index in [4.69, 9.17) is 9.84 Å². The van der Waals surface area contributed by atoms with E-state index < -0.39 is 10.0 Å². The summed E-state index contributed by atoms with van der Waals surface area (Å²) in [6.07, 6.45) is 4.87. The summed E-state index contributed by atoms with van der Waals surface area (Å²) >= 11 is 5.21. The molecule has 0 spiro atoms. The SMILES string of the molecule is Cc1ccc(S(=O)(=O)n2nc(N3CC4CC3CC4OCCN3CCCC3)c3c(-c4ccccc4)c(Br)sc32)cc1. The Morgan fingerprint density at radius 3 is 2.50 bits per heavy atom. The number of nitrogens with zero attached hydrogens (tertiary/aromatic N) is 4. The van der Waals surface area contributed by atoms with Crippen molar-refractivity contribution in [2.75, 3.05) is 37.7 Å². The van der Waals surface area contributed by atoms with Crippen LogP contribution < -0.4 is 4.90 Å². The highest BCUT2D eigenvalue weighted by Gasteiger charge is 2.47. The second kappa shape index (κ2) is 10.5. The molecule has 210 valence electrons. The molecule has 0 radical (unpaired) electrons. The zero-order valence-electron chi connectivity index (χ0n) is 22.5. The van der Waals surface area contributed by atoms with E-state index in [2.05, 4.69) is 37.9 Å². The van der Waals surface area contributed by atoms with Crippen molar-refractivity contribution in [3.05, 3.63) is 63.9 Å². The molecule has 0 amide bonds. The zero-order chi connectivity index (χ0) is 27.4. The summed E-state index contributed by atoms with van der Waals surface area (Å²) in [6.45, 7) is 6.97. The van der Waals surface area contributed by atoms with E-state index in [1.54, 1.807) is 12.1 Å². The number of halogens is 1. The van der Waals surface area contributed by atoms with Gasteiger partial charge in [-0.2, -0.15) is 8.42 Å². The molecule has 10 heteroatoms. The van der Waals surface area contributed by atoms with E-state index in [9.17, 15) is 8.42 Å². The molecule has 3 unspecified atom stereocenters. The first-order valence-corrected chi connectivity index (χ1v) is 17.1. The molecule has 4 aromatic rings. The molecule has 1 aliphatic carbocycles. The second-order valence-corrected chi connectivity index (χ2v) is 15.4. The maximum atomic E-state index is 13.9. The molecular formula is C30H33BrN4O3S2. The van der Waals surface area contributed by atoms with Crippen LogP contribution in [0.3, 0.4) is 0 Å². The number of thiophene rings is 1. The molecule has 2 saturated heterocycles. The molecule has 2 aromatic heterocycles. The number of fused-ring (bicyclic) bond motifs is 3. The number of aryl methyl sites for hydroxylation is 1. The van der Waals surface area contributed by atoms with Crippen molar-refractivity contribution < 1.29 is 13.2 Å². The monoisotopic (exact) mass is 640 g/mol. The molecule has 2 bridgehead atoms. The maximum absolute atomic E-state index is 13.9. The van der Waals surface area contributed by atoms with Crippen LogP contribution in [-0.2, 0) is 14.8 Å². The van der Waals surface area contributed by atoms with E-state index in [0.717, 1.165) is 64.2 Å². The summed E-state index contributed by atoms with van der Waals surface area (Å²) in [7, 11) is -3.88. The van der Waals surface area contributed by atoms with Crippen LogP contribution in [0.15, 0.2) is 63.3 Å². The second-order valence-electron chi connectivity index (χ2n) is 11.3. The molecule has 3 fully saturated rings. The lowest BCUT2D eigenvalue weighted by Crippen LogP contribution is -2.40. The van der Waals surface area contributed by atoms with Crippen molar-refractivity contribution in [1.29, 1.82) is 0 Å². The number of likely N-dealkylation sites (tertiary alicyclic amines) is 1. The van der Waals surface area contributed by atoms with Crippen LogP contribution in [0.5, 0.6) is 0 Å². The normalized spacial score (nSPS) is 23.1. The summed E-state index contributed by atoms with van der Waals surface area (Å²) in [5.74, 6) is 1.19. The Morgan fingerprint density at radius 1 is 1.05 bits per heavy atom. The molecule has 7 nitrogen and oxygen atoms in total. The van der Waals surface area contributed by atoms with Crippen molar-refractivity contribution in [3.63, 3.8) is 0 Å². The molecular weight excluding hydrogens is 608 g/mol. The Hall–Kier alpha value is -2.24. The summed E-state index contributed by atoms with van der Waals surface area (Å²) < 4.78 is 36.4. The quantitative estimate of drug-likeness (QED) is 0.230. The number of piperidine rings is 1. The van der Waals surface area contributed by atoms with Gasteiger partial charge >= 0.3 is 0 Å². The minimum atomic E-state index is -3.88. The Morgan fingerprint density at radius 2 is 1.80 bits per heavy atom. The highest BCUT2D eigenvalue weighted by molar-refractivity contribution is 9.11. The smallest absolute Gasteiger partial charge is 0.284 e. The van der Waals surface area contributed by atoms with E-state index in [-0.39, 0.29) is 17.0 Å². The van der Waals surface area contributed by atoms with Gasteiger partial charge < -0.3 is 14.5 Å². The van der Waals surface area contributed by atoms with Gasteiger partial charge in [0.25, 0.3) is 10.0 Å². The molecule has 40 heavy (non-hydrogen) atoms. The summed E-state index contributed by atoms with van der Waals surface area (Å²) in [4.78, 5) is 5.73. The molecule has 0 N–H and O–H groups in total. The largest absolute Gasteiger partial charge is 0.376 e. The fraction of sp³-hybridized carbons (Fsp3) is 0.433. The van der Waals surface area contributed by atoms with Crippen molar-refractivity contribution in [2.24, 2.45) is 5.92 Å². The van der Waals surface area contributed by atoms with Gasteiger partial charge in [0.05, 0.1) is 26.8 Å². The van der Waals surface area contributed by atoms with Gasteiger partial charge in [-0.05, 0) is 79.3 Å². The highest BCUT2D eigenvalue weighted by atomic mass is 79.9. The Balaban J connectivity index is 1.24. The minimum absolute atomic E-state index is 0.245. The lowest BCUT2D eigenvalue weighted by Gasteiger charge is -2.32. The number of hydrogen-bond donors (Lipinski definition) is 0. The molecule has 3 aliphatic rings. The Labute approximate surface area is 247 Å². The first-order valence-electron chi connectivity index (χ1n) is 14.1. The fourth-order valence-electron chi connectivity index (χ4n) is 6.66. The lowest BCUT2D eigenvalue weighted by atomic mass is 10.0. The van der Waals surface area contributed by atoms with Gasteiger partial charge in [-0.3, -0.25) is 0 Å². The maximum Gasteiger partial charge on any atom is 0.284 e. The van der Waals surface area contributed by atoms with Gasteiger partial charge in [-0.15, -0.1) is 20.5 Å². The van der Waals surface area contributed by atoms with Crippen molar-refractivity contribution in [1.82, 2.24) is 14.1 Å². The van der Waals surface area contributed by atoms with Crippen LogP contribution >= 0.6 is 27.3 Å². The first-order chi connectivity index (χ1) is 19.4. The number of ether oxygens (including phenoxy) is 1. The van der Waals surface area contributed by atoms with Crippen molar-refractivity contribution >= 4 is 53.3 Å². The number of rotatable bonds is 8. The summed E-state index contributed by atoms with van der Waals surface area (Å²) in [6, 6.07) is 17.5. The van der Waals surface area contributed by atoms with E-state index in [0.29, 0.717) is 10.7 Å². The Bertz CT molecular complexity index is 1630. The minimum Gasteiger partial charge on any atom is -0.376 e. The van der Waals surface area contributed by atoms with E-state index >= 15 is 0 Å². The van der Waals surface area contributed by atoms with Crippen molar-refractivity contribution in [3.8, 4) is 11.1 Å². The standard InChI is InChI=1S/C30H33BrN4O3S2/c1-20-9-11-24(12-10-20)40(36,37)35-30-27(26(28(31)39-30)21-7-3-2-4-8-21)29(32-35)34-19-22-17-23(34)18-25(22)38-16-15-33-13-5-6-14-33/h2-4,7-12,22-23,25H,5-6,13-19H2,1H3. The predicted molar refractivity (Wildman–Crippen MR) is 164 cm³/mol. The van der Waals surface area contributed by atoms with Crippen LogP contribution in [0.2, 0.25) is 0 Å². The number of hydrogen-bond acceptors (Lipinski definition) is 7. The van der Waals surface area contributed by atoms with Gasteiger partial charge in [0, 0.05) is 30.6 Å². The Kier molecular flexibility index (Phi) is 7.03. The lowest BCUT2D eigenvalue weighted by molar-refractivity contribution is 0.0149. The third-order valence-electron chi connectivity index (χ3n) is 8.73. The predicted octanol–water partition coefficient (Wildman–Crippen LogP) is 6.15. The third-order valence-corrected chi connectivity index (χ3v) is 12.3. The molecule has 1 saturated carbocycles. The van der Waals surface area contributed by atoms with Gasteiger partial charge in [0.2, 0.25) is 0 Å². The van der Waals surface area contributed by atoms with Gasteiger partial charge in [0.1, 0.15) is 4.83 Å². The number of benzene rings is 2. The molecule has 7 rings (SSSR count). The number of anilines is 1. The average molecular weight is 642 g/mol. The van der Waals surface area contributed by atoms with E-state index in [1.165, 1.54) is 41.4 Å². The van der Waals surface area contributed by atoms with Crippen LogP contribution in [0.1, 0.15) is 31.2 Å². The van der Waals surface area contributed by atoms with Gasteiger partial charge in [0.15, 0.2) is 5.82 Å². The van der Waals surface area contributed by atoms with Crippen LogP contribution in [-0.4, -0.2) is 67.4 Å². The average Bonchev–Trinajstić information content (AvgIpc) is 3.77. The van der Waals surface area contributed by atoms with Crippen molar-refractivity contribution in [2.45, 2.75) is 49.6 Å². The van der Waals surface area contributed by atoms with Crippen LogP contribution in [0.25, 0.3) is 21.3 Å². The van der Waals surface area contributed by atoms with Crippen LogP contribution in [0, 0.1) is 12.8 Å². The van der Waals surface area contributed by atoms with Crippen LogP contribution in [0.4, 0.5) is 5.82 Å². The molecule has 2 aromatic carbocycles. The summed E-state index contributed by atoms with van der Waals surface area (Å²) in [5.41, 5.74) is 3.06. The van der Waals surface area contributed by atoms with Gasteiger partial charge in [-0.1, -0.05) is 48.0 Å². The number of aromatic nitrogens is 2. The third kappa shape index (κ3) is 4.61. The van der Waals surface area contributed by atoms with Gasteiger partial charge in [-0.25, -0.2) is 0 Å². The summed E-state index contributed by atoms with van der Waals surface area (Å²) in [5, 5.41) is 5.78. The molecule has 4 heterocycles. The molecule has 2 aliphatic heterocycles. The fourth-order valence-corrected chi connectivity index (χ4v) is 10.0. The molecule has 3 atom stereocenters.